The summed E-state index contributed by atoms with van der Waals surface area (Å²) in [6, 6.07) is 3.04. The lowest BCUT2D eigenvalue weighted by atomic mass is 10.1. The molecule has 0 bridgehead atoms. The van der Waals surface area contributed by atoms with Crippen LogP contribution >= 0.6 is 0 Å². The highest BCUT2D eigenvalue weighted by Crippen LogP contribution is 2.29. The zero-order valence-corrected chi connectivity index (χ0v) is 12.7. The third-order valence-corrected chi connectivity index (χ3v) is 3.18. The molecule has 21 heavy (non-hydrogen) atoms. The Morgan fingerprint density at radius 2 is 1.76 bits per heavy atom. The number of nitrogens with one attached hydrogen (secondary N) is 1. The first-order valence-corrected chi connectivity index (χ1v) is 6.64. The van der Waals surface area contributed by atoms with Gasteiger partial charge in [-0.2, -0.15) is 0 Å². The van der Waals surface area contributed by atoms with Crippen LogP contribution in [0.3, 0.4) is 0 Å². The molecule has 0 fully saturated rings. The van der Waals surface area contributed by atoms with Crippen molar-refractivity contribution in [1.29, 1.82) is 0 Å². The summed E-state index contributed by atoms with van der Waals surface area (Å²) >= 11 is 0. The molecule has 1 rings (SSSR count). The van der Waals surface area contributed by atoms with Crippen molar-refractivity contribution in [2.24, 2.45) is 0 Å². The maximum Gasteiger partial charge on any atom is 0.303 e. The second kappa shape index (κ2) is 7.52. The molecule has 0 saturated carbocycles. The molecular weight excluding hydrogens is 274 g/mol. The number of carboxylic acid groups (broad SMARTS) is 1. The van der Waals surface area contributed by atoms with E-state index in [9.17, 15) is 9.59 Å². The van der Waals surface area contributed by atoms with Gasteiger partial charge in [0.05, 0.1) is 14.2 Å². The Hall–Kier alpha value is -2.24. The maximum absolute atomic E-state index is 12.2. The molecule has 0 aliphatic carbocycles. The van der Waals surface area contributed by atoms with Gasteiger partial charge in [0, 0.05) is 23.6 Å². The Bertz CT molecular complexity index is 502. The first kappa shape index (κ1) is 16.8. The van der Waals surface area contributed by atoms with Gasteiger partial charge in [-0.3, -0.25) is 9.59 Å². The van der Waals surface area contributed by atoms with Crippen LogP contribution < -0.4 is 14.8 Å². The number of rotatable bonds is 7. The quantitative estimate of drug-likeness (QED) is 0.803. The monoisotopic (exact) mass is 295 g/mol. The molecule has 1 atom stereocenters. The van der Waals surface area contributed by atoms with Crippen LogP contribution in [0.1, 0.15) is 35.7 Å². The van der Waals surface area contributed by atoms with E-state index in [2.05, 4.69) is 5.32 Å². The molecule has 2 N–H and O–H groups in total. The van der Waals surface area contributed by atoms with Gasteiger partial charge in [0.15, 0.2) is 0 Å². The fourth-order valence-electron chi connectivity index (χ4n) is 1.94. The molecule has 0 aliphatic heterocycles. The summed E-state index contributed by atoms with van der Waals surface area (Å²) in [6.45, 7) is 3.61. The van der Waals surface area contributed by atoms with Gasteiger partial charge in [0.25, 0.3) is 5.91 Å². The number of benzene rings is 1. The third kappa shape index (κ3) is 4.66. The Balaban J connectivity index is 2.84. The standard InChI is InChI=1S/C15H21NO5/c1-9(5-6-14(17)18)16-15(19)11-7-12(20-3)10(2)13(8-11)21-4/h7-9H,5-6H2,1-4H3,(H,16,19)(H,17,18). The minimum absolute atomic E-state index is 0.0159. The number of carbonyl (C=O) groups excluding carboxylic acids is 1. The molecule has 0 aromatic heterocycles. The zero-order valence-electron chi connectivity index (χ0n) is 12.7. The molecule has 116 valence electrons. The lowest BCUT2D eigenvalue weighted by molar-refractivity contribution is -0.137. The van der Waals surface area contributed by atoms with Crippen molar-refractivity contribution in [3.05, 3.63) is 23.3 Å². The van der Waals surface area contributed by atoms with Crippen molar-refractivity contribution in [3.8, 4) is 11.5 Å². The van der Waals surface area contributed by atoms with Gasteiger partial charge in [0.1, 0.15) is 11.5 Å². The third-order valence-electron chi connectivity index (χ3n) is 3.18. The van der Waals surface area contributed by atoms with Crippen LogP contribution in [0.2, 0.25) is 0 Å². The predicted molar refractivity (Wildman–Crippen MR) is 78.1 cm³/mol. The summed E-state index contributed by atoms with van der Waals surface area (Å²) < 4.78 is 10.4. The van der Waals surface area contributed by atoms with Gasteiger partial charge in [0.2, 0.25) is 0 Å². The first-order chi connectivity index (χ1) is 9.88. The van der Waals surface area contributed by atoms with Crippen LogP contribution in [-0.2, 0) is 4.79 Å². The van der Waals surface area contributed by atoms with E-state index >= 15 is 0 Å². The number of carbonyl (C=O) groups is 2. The van der Waals surface area contributed by atoms with Gasteiger partial charge in [-0.25, -0.2) is 0 Å². The number of aliphatic carboxylic acids is 1. The Kier molecular flexibility index (Phi) is 6.02. The molecule has 0 spiro atoms. The van der Waals surface area contributed by atoms with Crippen LogP contribution in [0.15, 0.2) is 12.1 Å². The number of amides is 1. The first-order valence-electron chi connectivity index (χ1n) is 6.64. The van der Waals surface area contributed by atoms with Gasteiger partial charge in [-0.1, -0.05) is 0 Å². The minimum Gasteiger partial charge on any atom is -0.496 e. The molecule has 1 unspecified atom stereocenters. The van der Waals surface area contributed by atoms with E-state index in [1.54, 1.807) is 19.1 Å². The van der Waals surface area contributed by atoms with E-state index in [-0.39, 0.29) is 18.4 Å². The second-order valence-corrected chi connectivity index (χ2v) is 4.81. The lowest BCUT2D eigenvalue weighted by Crippen LogP contribution is -2.33. The predicted octanol–water partition coefficient (Wildman–Crippen LogP) is 2.00. The normalized spacial score (nSPS) is 11.6. The largest absolute Gasteiger partial charge is 0.496 e. The van der Waals surface area contributed by atoms with Crippen molar-refractivity contribution >= 4 is 11.9 Å². The molecule has 0 saturated heterocycles. The van der Waals surface area contributed by atoms with E-state index in [0.717, 1.165) is 5.56 Å². The van der Waals surface area contributed by atoms with Crippen LogP contribution in [-0.4, -0.2) is 37.2 Å². The molecule has 6 heteroatoms. The van der Waals surface area contributed by atoms with Crippen molar-refractivity contribution in [2.45, 2.75) is 32.7 Å². The van der Waals surface area contributed by atoms with E-state index in [1.165, 1.54) is 14.2 Å². The van der Waals surface area contributed by atoms with E-state index in [0.29, 0.717) is 23.5 Å². The molecular formula is C15H21NO5. The van der Waals surface area contributed by atoms with Crippen molar-refractivity contribution in [3.63, 3.8) is 0 Å². The summed E-state index contributed by atoms with van der Waals surface area (Å²) in [4.78, 5) is 22.7. The molecule has 0 heterocycles. The number of carboxylic acids is 1. The highest BCUT2D eigenvalue weighted by Gasteiger charge is 2.15. The number of methoxy groups -OCH3 is 2. The lowest BCUT2D eigenvalue weighted by Gasteiger charge is -2.15. The molecule has 1 aromatic carbocycles. The van der Waals surface area contributed by atoms with Crippen LogP contribution in [0, 0.1) is 6.92 Å². The Morgan fingerprint density at radius 3 is 2.19 bits per heavy atom. The van der Waals surface area contributed by atoms with Crippen molar-refractivity contribution < 1.29 is 24.2 Å². The van der Waals surface area contributed by atoms with Gasteiger partial charge >= 0.3 is 5.97 Å². The van der Waals surface area contributed by atoms with Gasteiger partial charge in [-0.15, -0.1) is 0 Å². The summed E-state index contributed by atoms with van der Waals surface area (Å²) in [6.07, 6.45) is 0.392. The number of ether oxygens (including phenoxy) is 2. The summed E-state index contributed by atoms with van der Waals surface area (Å²) in [5.74, 6) is -0.0327. The molecule has 1 amide bonds. The van der Waals surface area contributed by atoms with E-state index in [1.807, 2.05) is 6.92 Å². The molecule has 6 nitrogen and oxygen atoms in total. The van der Waals surface area contributed by atoms with Gasteiger partial charge < -0.3 is 19.9 Å². The molecule has 1 aromatic rings. The van der Waals surface area contributed by atoms with Gasteiger partial charge in [-0.05, 0) is 32.4 Å². The minimum atomic E-state index is -0.880. The smallest absolute Gasteiger partial charge is 0.303 e. The molecule has 0 radical (unpaired) electrons. The average Bonchev–Trinajstić information content (AvgIpc) is 2.45. The van der Waals surface area contributed by atoms with E-state index in [4.69, 9.17) is 14.6 Å². The number of hydrogen-bond donors (Lipinski definition) is 2. The highest BCUT2D eigenvalue weighted by atomic mass is 16.5. The van der Waals surface area contributed by atoms with E-state index < -0.39 is 5.97 Å². The topological polar surface area (TPSA) is 84.9 Å². The van der Waals surface area contributed by atoms with Crippen LogP contribution in [0.4, 0.5) is 0 Å². The van der Waals surface area contributed by atoms with Crippen molar-refractivity contribution in [2.75, 3.05) is 14.2 Å². The Labute approximate surface area is 124 Å². The molecule has 0 aliphatic rings. The van der Waals surface area contributed by atoms with Crippen LogP contribution in [0.25, 0.3) is 0 Å². The fraction of sp³-hybridized carbons (Fsp3) is 0.467. The Morgan fingerprint density at radius 1 is 1.24 bits per heavy atom. The average molecular weight is 295 g/mol. The number of hydrogen-bond acceptors (Lipinski definition) is 4. The SMILES string of the molecule is COc1cc(C(=O)NC(C)CCC(=O)O)cc(OC)c1C. The zero-order chi connectivity index (χ0) is 16.0. The highest BCUT2D eigenvalue weighted by molar-refractivity contribution is 5.95. The second-order valence-electron chi connectivity index (χ2n) is 4.81. The van der Waals surface area contributed by atoms with Crippen molar-refractivity contribution in [1.82, 2.24) is 5.32 Å². The van der Waals surface area contributed by atoms with Crippen LogP contribution in [0.5, 0.6) is 11.5 Å². The maximum atomic E-state index is 12.2. The summed E-state index contributed by atoms with van der Waals surface area (Å²) in [5, 5.41) is 11.4. The summed E-state index contributed by atoms with van der Waals surface area (Å²) in [5.41, 5.74) is 1.23. The summed E-state index contributed by atoms with van der Waals surface area (Å²) in [7, 11) is 3.05. The fourth-order valence-corrected chi connectivity index (χ4v) is 1.94.